The lowest BCUT2D eigenvalue weighted by atomic mass is 10.1. The summed E-state index contributed by atoms with van der Waals surface area (Å²) in [6, 6.07) is 16.7. The first-order valence-electron chi connectivity index (χ1n) is 13.0. The smallest absolute Gasteiger partial charge is 0.227 e. The Bertz CT molecular complexity index is 1040. The molecular formula is C29H39N3O. The molecule has 1 aromatic heterocycles. The lowest BCUT2D eigenvalue weighted by Crippen LogP contribution is -2.24. The molecule has 3 aromatic rings. The molecule has 0 spiro atoms. The van der Waals surface area contributed by atoms with Gasteiger partial charge in [-0.1, -0.05) is 88.1 Å². The highest BCUT2D eigenvalue weighted by Gasteiger charge is 2.34. The number of imidazole rings is 1. The molecular weight excluding hydrogens is 406 g/mol. The fourth-order valence-corrected chi connectivity index (χ4v) is 5.08. The van der Waals surface area contributed by atoms with Crippen LogP contribution in [0.3, 0.4) is 0 Å². The molecule has 1 saturated heterocycles. The molecule has 0 radical (unpaired) electrons. The van der Waals surface area contributed by atoms with Crippen molar-refractivity contribution in [2.45, 2.75) is 90.5 Å². The van der Waals surface area contributed by atoms with E-state index >= 15 is 0 Å². The Morgan fingerprint density at radius 2 is 1.55 bits per heavy atom. The van der Waals surface area contributed by atoms with Crippen molar-refractivity contribution in [3.63, 3.8) is 0 Å². The molecule has 1 aliphatic rings. The zero-order valence-electron chi connectivity index (χ0n) is 20.4. The van der Waals surface area contributed by atoms with Crippen LogP contribution in [-0.2, 0) is 11.3 Å². The predicted octanol–water partition coefficient (Wildman–Crippen LogP) is 7.40. The Balaban J connectivity index is 1.40. The number of carbonyl (C=O) groups is 1. The zero-order chi connectivity index (χ0) is 23.0. The number of aromatic nitrogens is 2. The second kappa shape index (κ2) is 11.5. The Morgan fingerprint density at radius 1 is 0.879 bits per heavy atom. The normalized spacial score (nSPS) is 16.2. The number of unbranched alkanes of at least 4 members (excludes halogenated alkanes) is 8. The molecule has 1 atom stereocenters. The Kier molecular flexibility index (Phi) is 8.20. The molecule has 0 bridgehead atoms. The number of rotatable bonds is 12. The van der Waals surface area contributed by atoms with E-state index in [1.807, 2.05) is 4.90 Å². The molecule has 0 saturated carbocycles. The van der Waals surface area contributed by atoms with Crippen LogP contribution in [0.4, 0.5) is 5.69 Å². The van der Waals surface area contributed by atoms with Gasteiger partial charge in [0, 0.05) is 31.1 Å². The molecule has 4 nitrogen and oxygen atoms in total. The molecule has 0 unspecified atom stereocenters. The van der Waals surface area contributed by atoms with E-state index in [1.165, 1.54) is 68.9 Å². The van der Waals surface area contributed by atoms with Crippen molar-refractivity contribution in [1.29, 1.82) is 0 Å². The number of hydrogen-bond donors (Lipinski definition) is 0. The number of aryl methyl sites for hydroxylation is 2. The number of fused-ring (bicyclic) bond motifs is 1. The van der Waals surface area contributed by atoms with Crippen molar-refractivity contribution in [3.05, 3.63) is 59.9 Å². The third-order valence-electron chi connectivity index (χ3n) is 7.01. The fourth-order valence-electron chi connectivity index (χ4n) is 5.08. The van der Waals surface area contributed by atoms with E-state index in [2.05, 4.69) is 66.9 Å². The molecule has 0 aliphatic carbocycles. The van der Waals surface area contributed by atoms with E-state index in [1.54, 1.807) is 0 Å². The lowest BCUT2D eigenvalue weighted by Gasteiger charge is -2.17. The average molecular weight is 446 g/mol. The summed E-state index contributed by atoms with van der Waals surface area (Å²) < 4.78 is 2.40. The molecule has 4 heteroatoms. The molecule has 1 aliphatic heterocycles. The molecule has 33 heavy (non-hydrogen) atoms. The number of hydrogen-bond acceptors (Lipinski definition) is 2. The Labute approximate surface area is 199 Å². The van der Waals surface area contributed by atoms with E-state index in [9.17, 15) is 4.79 Å². The fraction of sp³-hybridized carbons (Fsp3) is 0.517. The summed E-state index contributed by atoms with van der Waals surface area (Å²) in [4.78, 5) is 19.8. The Hall–Kier alpha value is -2.62. The van der Waals surface area contributed by atoms with Gasteiger partial charge in [0.05, 0.1) is 11.0 Å². The number of para-hydroxylation sites is 2. The van der Waals surface area contributed by atoms with Crippen LogP contribution >= 0.6 is 0 Å². The van der Waals surface area contributed by atoms with Crippen LogP contribution in [0.2, 0.25) is 0 Å². The summed E-state index contributed by atoms with van der Waals surface area (Å²) in [5, 5.41) is 0. The van der Waals surface area contributed by atoms with Crippen molar-refractivity contribution in [3.8, 4) is 0 Å². The molecule has 4 rings (SSSR count). The highest BCUT2D eigenvalue weighted by molar-refractivity contribution is 5.96. The van der Waals surface area contributed by atoms with Crippen LogP contribution in [0.5, 0.6) is 0 Å². The van der Waals surface area contributed by atoms with Gasteiger partial charge >= 0.3 is 0 Å². The summed E-state index contributed by atoms with van der Waals surface area (Å²) in [6.45, 7) is 6.05. The highest BCUT2D eigenvalue weighted by Crippen LogP contribution is 2.33. The number of nitrogens with zero attached hydrogens (tertiary/aromatic N) is 3. The van der Waals surface area contributed by atoms with E-state index in [4.69, 9.17) is 4.98 Å². The van der Waals surface area contributed by atoms with Gasteiger partial charge in [0.1, 0.15) is 5.82 Å². The van der Waals surface area contributed by atoms with E-state index in [-0.39, 0.29) is 11.8 Å². The molecule has 1 amide bonds. The maximum absolute atomic E-state index is 12.9. The number of anilines is 1. The van der Waals surface area contributed by atoms with Crippen LogP contribution < -0.4 is 4.90 Å². The number of carbonyl (C=O) groups excluding carboxylic acids is 1. The van der Waals surface area contributed by atoms with Crippen LogP contribution in [0.15, 0.2) is 48.5 Å². The van der Waals surface area contributed by atoms with Gasteiger partial charge in [-0.2, -0.15) is 0 Å². The molecule has 2 heterocycles. The molecule has 0 N–H and O–H groups in total. The topological polar surface area (TPSA) is 38.1 Å². The minimum absolute atomic E-state index is 0.143. The minimum atomic E-state index is 0.143. The van der Waals surface area contributed by atoms with Crippen molar-refractivity contribution in [2.75, 3.05) is 11.4 Å². The van der Waals surface area contributed by atoms with Gasteiger partial charge in [-0.3, -0.25) is 4.79 Å². The minimum Gasteiger partial charge on any atom is -0.328 e. The van der Waals surface area contributed by atoms with Crippen LogP contribution in [0, 0.1) is 6.92 Å². The summed E-state index contributed by atoms with van der Waals surface area (Å²) in [6.07, 6.45) is 12.5. The van der Waals surface area contributed by atoms with Crippen LogP contribution in [0.1, 0.15) is 88.4 Å². The van der Waals surface area contributed by atoms with Crippen LogP contribution in [-0.4, -0.2) is 22.0 Å². The summed E-state index contributed by atoms with van der Waals surface area (Å²) in [5.41, 5.74) is 4.46. The van der Waals surface area contributed by atoms with Crippen molar-refractivity contribution in [1.82, 2.24) is 9.55 Å². The molecule has 1 fully saturated rings. The second-order valence-corrected chi connectivity index (χ2v) is 9.68. The number of benzene rings is 2. The van der Waals surface area contributed by atoms with Gasteiger partial charge in [0.25, 0.3) is 0 Å². The third-order valence-corrected chi connectivity index (χ3v) is 7.01. The van der Waals surface area contributed by atoms with Crippen molar-refractivity contribution < 1.29 is 4.79 Å². The quantitative estimate of drug-likeness (QED) is 0.272. The van der Waals surface area contributed by atoms with Gasteiger partial charge in [0.15, 0.2) is 0 Å². The van der Waals surface area contributed by atoms with Gasteiger partial charge in [-0.25, -0.2) is 4.98 Å². The van der Waals surface area contributed by atoms with E-state index < -0.39 is 0 Å². The molecule has 2 aromatic carbocycles. The largest absolute Gasteiger partial charge is 0.328 e. The predicted molar refractivity (Wildman–Crippen MR) is 138 cm³/mol. The summed E-state index contributed by atoms with van der Waals surface area (Å²) in [5.74, 6) is 1.43. The standard InChI is InChI=1S/C29H39N3O/c1-3-4-5-6-7-8-9-10-13-20-31-27-15-12-11-14-26(27)30-29(31)24-21-28(33)32(22-24)25-18-16-23(2)17-19-25/h11-12,14-19,24H,3-10,13,20-22H2,1-2H3/t24-/m0/s1. The summed E-state index contributed by atoms with van der Waals surface area (Å²) >= 11 is 0. The SMILES string of the molecule is CCCCCCCCCCCn1c([C@H]2CC(=O)N(c3ccc(C)cc3)C2)nc2ccccc21. The Morgan fingerprint density at radius 3 is 2.27 bits per heavy atom. The van der Waals surface area contributed by atoms with Crippen molar-refractivity contribution in [2.24, 2.45) is 0 Å². The van der Waals surface area contributed by atoms with Gasteiger partial charge < -0.3 is 9.47 Å². The first-order chi connectivity index (χ1) is 16.2. The first kappa shape index (κ1) is 23.5. The van der Waals surface area contributed by atoms with E-state index in [0.29, 0.717) is 13.0 Å². The summed E-state index contributed by atoms with van der Waals surface area (Å²) in [7, 11) is 0. The van der Waals surface area contributed by atoms with E-state index in [0.717, 1.165) is 23.6 Å². The number of amides is 1. The van der Waals surface area contributed by atoms with Gasteiger partial charge in [0.2, 0.25) is 5.91 Å². The van der Waals surface area contributed by atoms with Crippen molar-refractivity contribution >= 4 is 22.6 Å². The third kappa shape index (κ3) is 5.85. The molecule has 176 valence electrons. The average Bonchev–Trinajstić information content (AvgIpc) is 3.39. The van der Waals surface area contributed by atoms with Gasteiger partial charge in [-0.15, -0.1) is 0 Å². The lowest BCUT2D eigenvalue weighted by molar-refractivity contribution is -0.117. The second-order valence-electron chi connectivity index (χ2n) is 9.68. The maximum Gasteiger partial charge on any atom is 0.227 e. The monoisotopic (exact) mass is 445 g/mol. The van der Waals surface area contributed by atoms with Gasteiger partial charge in [-0.05, 0) is 37.6 Å². The maximum atomic E-state index is 12.9. The zero-order valence-corrected chi connectivity index (χ0v) is 20.4. The highest BCUT2D eigenvalue weighted by atomic mass is 16.2. The first-order valence-corrected chi connectivity index (χ1v) is 13.0. The van der Waals surface area contributed by atoms with Crippen LogP contribution in [0.25, 0.3) is 11.0 Å².